The lowest BCUT2D eigenvalue weighted by Gasteiger charge is -2.26. The number of aliphatic imine (C=N–C) groups is 1. The molecule has 2 unspecified atom stereocenters. The van der Waals surface area contributed by atoms with Gasteiger partial charge in [-0.15, -0.1) is 24.0 Å². The van der Waals surface area contributed by atoms with E-state index in [9.17, 15) is 0 Å². The van der Waals surface area contributed by atoms with E-state index in [1.54, 1.807) is 6.26 Å². The van der Waals surface area contributed by atoms with E-state index in [1.165, 1.54) is 18.4 Å². The van der Waals surface area contributed by atoms with E-state index in [2.05, 4.69) is 58.8 Å². The van der Waals surface area contributed by atoms with Gasteiger partial charge in [0.1, 0.15) is 5.76 Å². The van der Waals surface area contributed by atoms with Crippen LogP contribution in [0.15, 0.2) is 40.2 Å². The number of nitrogens with zero attached hydrogens (tertiary/aromatic N) is 5. The molecular formula is C21H36IN7O. The summed E-state index contributed by atoms with van der Waals surface area (Å²) in [6.45, 7) is 6.54. The Kier molecular flexibility index (Phi) is 10.1. The minimum Gasteiger partial charge on any atom is -0.468 e. The zero-order chi connectivity index (χ0) is 20.6. The molecule has 168 valence electrons. The van der Waals surface area contributed by atoms with Crippen LogP contribution in [0.4, 0.5) is 0 Å². The van der Waals surface area contributed by atoms with Crippen LogP contribution in [0, 0.1) is 0 Å². The molecule has 3 rings (SSSR count). The maximum Gasteiger partial charge on any atom is 0.191 e. The van der Waals surface area contributed by atoms with E-state index in [-0.39, 0.29) is 36.1 Å². The Morgan fingerprint density at radius 2 is 2.07 bits per heavy atom. The molecule has 2 N–H and O–H groups in total. The number of aryl methyl sites for hydroxylation is 1. The second-order valence-corrected chi connectivity index (χ2v) is 7.80. The van der Waals surface area contributed by atoms with Crippen molar-refractivity contribution in [2.75, 3.05) is 46.8 Å². The Hall–Kier alpha value is -1.59. The quantitative estimate of drug-likeness (QED) is 0.296. The van der Waals surface area contributed by atoms with Crippen LogP contribution in [0.1, 0.15) is 43.2 Å². The molecule has 1 fully saturated rings. The van der Waals surface area contributed by atoms with Crippen molar-refractivity contribution in [3.8, 4) is 0 Å². The zero-order valence-electron chi connectivity index (χ0n) is 18.5. The van der Waals surface area contributed by atoms with Crippen LogP contribution in [-0.4, -0.2) is 72.4 Å². The van der Waals surface area contributed by atoms with Crippen LogP contribution in [-0.2, 0) is 7.05 Å². The SMILES string of the molecule is CCNC(=NCC(c1ccco1)N1CCCC1)NCC(c1cnn(C)c1)N(C)C.I. The Morgan fingerprint density at radius 1 is 1.30 bits per heavy atom. The van der Waals surface area contributed by atoms with Gasteiger partial charge in [0.2, 0.25) is 0 Å². The fourth-order valence-corrected chi connectivity index (χ4v) is 3.84. The first-order valence-electron chi connectivity index (χ1n) is 10.5. The Morgan fingerprint density at radius 3 is 2.63 bits per heavy atom. The van der Waals surface area contributed by atoms with E-state index in [0.717, 1.165) is 37.9 Å². The first kappa shape index (κ1) is 24.7. The molecule has 1 aliphatic heterocycles. The fraction of sp³-hybridized carbons (Fsp3) is 0.619. The number of halogens is 1. The standard InChI is InChI=1S/C21H35N7O.HI/c1-5-22-21(23-14-18(26(2)3)17-13-25-27(4)16-17)24-15-19(20-9-8-12-29-20)28-10-6-7-11-28;/h8-9,12-13,16,18-19H,5-7,10-11,14-15H2,1-4H3,(H2,22,23,24);1H. The third-order valence-corrected chi connectivity index (χ3v) is 5.42. The van der Waals surface area contributed by atoms with Crippen LogP contribution in [0.2, 0.25) is 0 Å². The lowest BCUT2D eigenvalue weighted by atomic mass is 10.1. The largest absolute Gasteiger partial charge is 0.468 e. The highest BCUT2D eigenvalue weighted by Crippen LogP contribution is 2.25. The van der Waals surface area contributed by atoms with Gasteiger partial charge in [-0.25, -0.2) is 0 Å². The van der Waals surface area contributed by atoms with Crippen molar-refractivity contribution >= 4 is 29.9 Å². The molecule has 2 aromatic rings. The van der Waals surface area contributed by atoms with Crippen LogP contribution >= 0.6 is 24.0 Å². The van der Waals surface area contributed by atoms with Crippen molar-refractivity contribution in [1.29, 1.82) is 0 Å². The summed E-state index contributed by atoms with van der Waals surface area (Å²) in [5.41, 5.74) is 1.19. The predicted octanol–water partition coefficient (Wildman–Crippen LogP) is 2.63. The summed E-state index contributed by atoms with van der Waals surface area (Å²) in [4.78, 5) is 9.57. The summed E-state index contributed by atoms with van der Waals surface area (Å²) in [7, 11) is 6.12. The number of hydrogen-bond acceptors (Lipinski definition) is 5. The molecule has 3 heterocycles. The van der Waals surface area contributed by atoms with E-state index in [1.807, 2.05) is 24.0 Å². The molecule has 2 aromatic heterocycles. The van der Waals surface area contributed by atoms with E-state index >= 15 is 0 Å². The van der Waals surface area contributed by atoms with Gasteiger partial charge in [0.25, 0.3) is 0 Å². The number of guanidine groups is 1. The number of likely N-dealkylation sites (tertiary alicyclic amines) is 1. The zero-order valence-corrected chi connectivity index (χ0v) is 20.9. The number of rotatable bonds is 9. The molecule has 0 radical (unpaired) electrons. The van der Waals surface area contributed by atoms with Gasteiger partial charge in [-0.05, 0) is 59.1 Å². The minimum atomic E-state index is 0. The monoisotopic (exact) mass is 529 g/mol. The number of likely N-dealkylation sites (N-methyl/N-ethyl adjacent to an activating group) is 1. The highest BCUT2D eigenvalue weighted by atomic mass is 127. The van der Waals surface area contributed by atoms with Crippen molar-refractivity contribution in [3.63, 3.8) is 0 Å². The number of hydrogen-bond donors (Lipinski definition) is 2. The fourth-order valence-electron chi connectivity index (χ4n) is 3.84. The van der Waals surface area contributed by atoms with Crippen LogP contribution in [0.3, 0.4) is 0 Å². The van der Waals surface area contributed by atoms with E-state index in [4.69, 9.17) is 9.41 Å². The van der Waals surface area contributed by atoms with Gasteiger partial charge in [-0.3, -0.25) is 14.6 Å². The highest BCUT2D eigenvalue weighted by Gasteiger charge is 2.25. The summed E-state index contributed by atoms with van der Waals surface area (Å²) in [5, 5.41) is 11.2. The summed E-state index contributed by atoms with van der Waals surface area (Å²) in [6, 6.07) is 4.42. The number of nitrogens with one attached hydrogen (secondary N) is 2. The van der Waals surface area contributed by atoms with Gasteiger partial charge in [0, 0.05) is 31.9 Å². The second kappa shape index (κ2) is 12.3. The normalized spacial score (nSPS) is 17.0. The van der Waals surface area contributed by atoms with Crippen molar-refractivity contribution in [2.45, 2.75) is 31.8 Å². The second-order valence-electron chi connectivity index (χ2n) is 7.80. The van der Waals surface area contributed by atoms with Gasteiger partial charge in [0.15, 0.2) is 5.96 Å². The van der Waals surface area contributed by atoms with Gasteiger partial charge >= 0.3 is 0 Å². The maximum atomic E-state index is 5.72. The first-order valence-corrected chi connectivity index (χ1v) is 10.5. The highest BCUT2D eigenvalue weighted by molar-refractivity contribution is 14.0. The lowest BCUT2D eigenvalue weighted by molar-refractivity contribution is 0.221. The third-order valence-electron chi connectivity index (χ3n) is 5.42. The van der Waals surface area contributed by atoms with Gasteiger partial charge in [0.05, 0.1) is 31.1 Å². The molecule has 0 aliphatic carbocycles. The minimum absolute atomic E-state index is 0. The summed E-state index contributed by atoms with van der Waals surface area (Å²) < 4.78 is 7.56. The molecule has 0 bridgehead atoms. The molecule has 1 aliphatic rings. The van der Waals surface area contributed by atoms with Gasteiger partial charge in [-0.1, -0.05) is 0 Å². The van der Waals surface area contributed by atoms with Crippen molar-refractivity contribution in [3.05, 3.63) is 42.1 Å². The Labute approximate surface area is 197 Å². The Bertz CT molecular complexity index is 753. The third kappa shape index (κ3) is 6.71. The molecule has 30 heavy (non-hydrogen) atoms. The lowest BCUT2D eigenvalue weighted by Crippen LogP contribution is -2.42. The molecule has 1 saturated heterocycles. The summed E-state index contributed by atoms with van der Waals surface area (Å²) in [5.74, 6) is 1.83. The van der Waals surface area contributed by atoms with Crippen LogP contribution in [0.5, 0.6) is 0 Å². The predicted molar refractivity (Wildman–Crippen MR) is 131 cm³/mol. The smallest absolute Gasteiger partial charge is 0.191 e. The van der Waals surface area contributed by atoms with Gasteiger partial charge < -0.3 is 20.0 Å². The molecule has 0 saturated carbocycles. The summed E-state index contributed by atoms with van der Waals surface area (Å²) >= 11 is 0. The molecular weight excluding hydrogens is 493 g/mol. The van der Waals surface area contributed by atoms with Crippen LogP contribution in [0.25, 0.3) is 0 Å². The molecule has 0 amide bonds. The van der Waals surface area contributed by atoms with Crippen molar-refractivity contribution in [2.24, 2.45) is 12.0 Å². The molecule has 8 nitrogen and oxygen atoms in total. The molecule has 9 heteroatoms. The van der Waals surface area contributed by atoms with Crippen LogP contribution < -0.4 is 10.6 Å². The van der Waals surface area contributed by atoms with E-state index < -0.39 is 0 Å². The summed E-state index contributed by atoms with van der Waals surface area (Å²) in [6.07, 6.45) is 8.23. The van der Waals surface area contributed by atoms with Crippen molar-refractivity contribution in [1.82, 2.24) is 30.2 Å². The molecule has 2 atom stereocenters. The first-order chi connectivity index (χ1) is 14.1. The molecule has 0 spiro atoms. The number of aromatic nitrogens is 2. The average Bonchev–Trinajstić information content (AvgIpc) is 3.45. The molecule has 0 aromatic carbocycles. The number of furan rings is 1. The average molecular weight is 529 g/mol. The topological polar surface area (TPSA) is 73.9 Å². The maximum absolute atomic E-state index is 5.72. The van der Waals surface area contributed by atoms with Crippen molar-refractivity contribution < 1.29 is 4.42 Å². The Balaban J connectivity index is 0.00000320. The van der Waals surface area contributed by atoms with Gasteiger partial charge in [-0.2, -0.15) is 5.10 Å². The van der Waals surface area contributed by atoms with E-state index in [0.29, 0.717) is 6.54 Å².